The Hall–Kier alpha value is -0.750. The van der Waals surface area contributed by atoms with Gasteiger partial charge in [-0.3, -0.25) is 4.79 Å². The van der Waals surface area contributed by atoms with E-state index in [2.05, 4.69) is 0 Å². The zero-order chi connectivity index (χ0) is 16.3. The zero-order valence-electron chi connectivity index (χ0n) is 13.5. The number of fused-ring (bicyclic) bond motifs is 2. The summed E-state index contributed by atoms with van der Waals surface area (Å²) >= 11 is 0. The van der Waals surface area contributed by atoms with Crippen molar-refractivity contribution in [2.75, 3.05) is 13.2 Å². The quantitative estimate of drug-likeness (QED) is 0.530. The second kappa shape index (κ2) is 4.87. The van der Waals surface area contributed by atoms with Crippen molar-refractivity contribution in [2.24, 2.45) is 16.7 Å². The van der Waals surface area contributed by atoms with Gasteiger partial charge in [-0.15, -0.1) is 0 Å². The third-order valence-electron chi connectivity index (χ3n) is 6.56. The summed E-state index contributed by atoms with van der Waals surface area (Å²) in [5, 5.41) is 30.1. The van der Waals surface area contributed by atoms with Crippen molar-refractivity contribution >= 4 is 5.78 Å². The molecule has 3 N–H and O–H groups in total. The molecule has 0 unspecified atom stereocenters. The van der Waals surface area contributed by atoms with E-state index in [0.717, 1.165) is 24.8 Å². The predicted octanol–water partition coefficient (Wildman–Crippen LogP) is 0.811. The number of aliphatic hydroxyl groups excluding tert-OH is 3. The highest BCUT2D eigenvalue weighted by molar-refractivity contribution is 5.83. The Morgan fingerprint density at radius 3 is 2.59 bits per heavy atom. The van der Waals surface area contributed by atoms with Crippen LogP contribution in [0.5, 0.6) is 0 Å². The van der Waals surface area contributed by atoms with Gasteiger partial charge in [0.15, 0.2) is 0 Å². The van der Waals surface area contributed by atoms with E-state index in [1.54, 1.807) is 13.0 Å². The van der Waals surface area contributed by atoms with E-state index < -0.39 is 28.6 Å². The molecule has 1 aliphatic heterocycles. The van der Waals surface area contributed by atoms with Crippen LogP contribution in [-0.4, -0.2) is 52.1 Å². The number of ketones is 1. The third kappa shape index (κ3) is 1.77. The van der Waals surface area contributed by atoms with E-state index in [1.807, 2.05) is 13.8 Å². The van der Waals surface area contributed by atoms with Crippen molar-refractivity contribution in [1.82, 2.24) is 0 Å². The Balaban J connectivity index is 2.15. The van der Waals surface area contributed by atoms with E-state index in [1.165, 1.54) is 0 Å². The van der Waals surface area contributed by atoms with E-state index in [9.17, 15) is 20.1 Å². The summed E-state index contributed by atoms with van der Waals surface area (Å²) in [6.07, 6.45) is 2.91. The summed E-state index contributed by atoms with van der Waals surface area (Å²) < 4.78 is 5.73. The Morgan fingerprint density at radius 1 is 1.36 bits per heavy atom. The first-order chi connectivity index (χ1) is 10.3. The van der Waals surface area contributed by atoms with Gasteiger partial charge in [0.05, 0.1) is 19.3 Å². The van der Waals surface area contributed by atoms with Crippen LogP contribution in [0.25, 0.3) is 0 Å². The minimum absolute atomic E-state index is 0.0861. The van der Waals surface area contributed by atoms with Gasteiger partial charge in [-0.25, -0.2) is 0 Å². The van der Waals surface area contributed by atoms with Gasteiger partial charge >= 0.3 is 0 Å². The average molecular weight is 310 g/mol. The Bertz CT molecular complexity index is 529. The monoisotopic (exact) mass is 310 g/mol. The molecule has 5 heteroatoms. The Labute approximate surface area is 131 Å². The molecule has 3 fully saturated rings. The molecule has 2 saturated carbocycles. The largest absolute Gasteiger partial charge is 0.393 e. The average Bonchev–Trinajstić information content (AvgIpc) is 3.19. The highest BCUT2D eigenvalue weighted by Crippen LogP contribution is 2.67. The van der Waals surface area contributed by atoms with Gasteiger partial charge in [-0.05, 0) is 30.8 Å². The summed E-state index contributed by atoms with van der Waals surface area (Å²) in [5.41, 5.74) is -1.06. The van der Waals surface area contributed by atoms with Crippen LogP contribution in [0.4, 0.5) is 0 Å². The Kier molecular flexibility index (Phi) is 3.57. The van der Waals surface area contributed by atoms with E-state index in [0.29, 0.717) is 0 Å². The molecule has 6 atom stereocenters. The maximum atomic E-state index is 12.3. The van der Waals surface area contributed by atoms with Crippen LogP contribution in [0.3, 0.4) is 0 Å². The molecule has 3 aliphatic rings. The minimum atomic E-state index is -0.873. The third-order valence-corrected chi connectivity index (χ3v) is 6.56. The fourth-order valence-electron chi connectivity index (χ4n) is 5.41. The molecule has 1 saturated heterocycles. The van der Waals surface area contributed by atoms with E-state index >= 15 is 0 Å². The molecular weight excluding hydrogens is 284 g/mol. The van der Waals surface area contributed by atoms with Crippen LogP contribution < -0.4 is 0 Å². The number of ether oxygens (including phenoxy) is 1. The number of Topliss-reactive ketones (excluding diaryl/α,β-unsaturated/α-hetero) is 1. The van der Waals surface area contributed by atoms with Crippen LogP contribution in [0.1, 0.15) is 40.0 Å². The molecule has 5 nitrogen and oxygen atoms in total. The van der Waals surface area contributed by atoms with Gasteiger partial charge in [-0.1, -0.05) is 26.3 Å². The normalized spacial score (nSPS) is 52.1. The highest BCUT2D eigenvalue weighted by atomic mass is 16.6. The maximum absolute atomic E-state index is 12.3. The molecule has 1 heterocycles. The first kappa shape index (κ1) is 16.1. The second-order valence-corrected chi connectivity index (χ2v) is 7.60. The Morgan fingerprint density at radius 2 is 2.05 bits per heavy atom. The SMILES string of the molecule is CC(=O)[C@@]1(C)CCC[C@]2(C)/C(=C/CO)[C@]3(CO)O[C@@H]3[C@@H](O)[C@@H]12. The van der Waals surface area contributed by atoms with Gasteiger partial charge in [0.25, 0.3) is 0 Å². The van der Waals surface area contributed by atoms with Gasteiger partial charge in [0.1, 0.15) is 17.5 Å². The van der Waals surface area contributed by atoms with Crippen molar-refractivity contribution in [3.05, 3.63) is 11.6 Å². The lowest BCUT2D eigenvalue weighted by atomic mass is 9.46. The second-order valence-electron chi connectivity index (χ2n) is 7.60. The number of epoxide rings is 1. The number of rotatable bonds is 3. The summed E-state index contributed by atoms with van der Waals surface area (Å²) in [6, 6.07) is 0. The predicted molar refractivity (Wildman–Crippen MR) is 80.1 cm³/mol. The van der Waals surface area contributed by atoms with Crippen molar-refractivity contribution < 1.29 is 24.9 Å². The van der Waals surface area contributed by atoms with Gasteiger partial charge < -0.3 is 20.1 Å². The van der Waals surface area contributed by atoms with Crippen molar-refractivity contribution in [2.45, 2.75) is 57.8 Å². The fraction of sp³-hybridized carbons (Fsp3) is 0.824. The van der Waals surface area contributed by atoms with E-state index in [-0.39, 0.29) is 24.9 Å². The van der Waals surface area contributed by atoms with Crippen LogP contribution in [0, 0.1) is 16.7 Å². The van der Waals surface area contributed by atoms with Crippen molar-refractivity contribution in [3.8, 4) is 0 Å². The number of aliphatic hydroxyl groups is 3. The molecule has 22 heavy (non-hydrogen) atoms. The van der Waals surface area contributed by atoms with Crippen LogP contribution in [0.15, 0.2) is 11.6 Å². The summed E-state index contributed by atoms with van der Waals surface area (Å²) in [6.45, 7) is 5.22. The van der Waals surface area contributed by atoms with Gasteiger partial charge in [-0.2, -0.15) is 0 Å². The lowest BCUT2D eigenvalue weighted by Crippen LogP contribution is -2.60. The molecule has 3 rings (SSSR count). The maximum Gasteiger partial charge on any atom is 0.142 e. The standard InChI is InChI=1S/C17H26O5/c1-10(20)15(2)6-4-7-16(3)11(5-8-18)17(9-19)14(22-17)12(21)13(15)16/h5,12-14,18-19,21H,4,6-9H2,1-3H3/b11-5-/t12-,13-,14+,15+,16+,17-/m0/s1. The summed E-state index contributed by atoms with van der Waals surface area (Å²) in [4.78, 5) is 12.3. The summed E-state index contributed by atoms with van der Waals surface area (Å²) in [5.74, 6) is -0.167. The van der Waals surface area contributed by atoms with Crippen LogP contribution in [-0.2, 0) is 9.53 Å². The number of hydrogen-bond acceptors (Lipinski definition) is 5. The van der Waals surface area contributed by atoms with Gasteiger partial charge in [0.2, 0.25) is 0 Å². The fourth-order valence-corrected chi connectivity index (χ4v) is 5.41. The first-order valence-electron chi connectivity index (χ1n) is 8.07. The van der Waals surface area contributed by atoms with Crippen molar-refractivity contribution in [1.29, 1.82) is 0 Å². The lowest BCUT2D eigenvalue weighted by Gasteiger charge is -2.56. The molecule has 0 amide bonds. The molecule has 0 aromatic rings. The first-order valence-corrected chi connectivity index (χ1v) is 8.07. The molecule has 0 spiro atoms. The summed E-state index contributed by atoms with van der Waals surface area (Å²) in [7, 11) is 0. The van der Waals surface area contributed by atoms with E-state index in [4.69, 9.17) is 4.74 Å². The van der Waals surface area contributed by atoms with Crippen LogP contribution in [0.2, 0.25) is 0 Å². The molecule has 2 aliphatic carbocycles. The smallest absolute Gasteiger partial charge is 0.142 e. The minimum Gasteiger partial charge on any atom is -0.393 e. The molecule has 0 bridgehead atoms. The molecule has 124 valence electrons. The molecule has 0 aromatic heterocycles. The molecule has 0 radical (unpaired) electrons. The number of carbonyl (C=O) groups excluding carboxylic acids is 1. The van der Waals surface area contributed by atoms with Crippen LogP contribution >= 0.6 is 0 Å². The lowest BCUT2D eigenvalue weighted by molar-refractivity contribution is -0.146. The number of hydrogen-bond donors (Lipinski definition) is 3. The topological polar surface area (TPSA) is 90.3 Å². The number of carbonyl (C=O) groups is 1. The van der Waals surface area contributed by atoms with Gasteiger partial charge in [0, 0.05) is 11.3 Å². The zero-order valence-corrected chi connectivity index (χ0v) is 13.5. The molecular formula is C17H26O5. The molecule has 0 aromatic carbocycles. The van der Waals surface area contributed by atoms with Crippen molar-refractivity contribution in [3.63, 3.8) is 0 Å². The highest BCUT2D eigenvalue weighted by Gasteiger charge is 2.74.